The zero-order chi connectivity index (χ0) is 37.9. The lowest BCUT2D eigenvalue weighted by molar-refractivity contribution is -0.373. The fraction of sp³-hybridized carbons (Fsp3) is 0.926. The minimum atomic E-state index is -2.17. The first-order chi connectivity index (χ1) is 23.9. The summed E-state index contributed by atoms with van der Waals surface area (Å²) in [5, 5.41) is 118. The van der Waals surface area contributed by atoms with Gasteiger partial charge in [0.05, 0.1) is 25.4 Å². The first-order valence-electron chi connectivity index (χ1n) is 15.6. The Morgan fingerprint density at radius 1 is 0.686 bits per heavy atom. The van der Waals surface area contributed by atoms with E-state index < -0.39 is 141 Å². The van der Waals surface area contributed by atoms with Crippen molar-refractivity contribution < 1.29 is 104 Å². The second kappa shape index (κ2) is 17.1. The second-order valence-corrected chi connectivity index (χ2v) is 12.8. The molecule has 292 valence electrons. The summed E-state index contributed by atoms with van der Waals surface area (Å²) in [6, 6.07) is 0. The Hall–Kier alpha value is -2.43. The Balaban J connectivity index is 1.52. The first kappa shape index (κ1) is 41.3. The van der Waals surface area contributed by atoms with Crippen molar-refractivity contribution in [1.82, 2.24) is 0 Å². The van der Waals surface area contributed by atoms with Crippen LogP contribution in [0.4, 0.5) is 0 Å². The van der Waals surface area contributed by atoms with Gasteiger partial charge in [0.25, 0.3) is 0 Å². The average molecular weight is 746 g/mol. The molecular weight excluding hydrogens is 702 g/mol. The molecule has 9 unspecified atom stereocenters. The molecule has 18 atom stereocenters. The lowest BCUT2D eigenvalue weighted by Gasteiger charge is -2.49. The molecule has 4 aliphatic rings. The Morgan fingerprint density at radius 3 is 1.75 bits per heavy atom. The number of hydrogen-bond acceptors (Lipinski definition) is 20. The molecule has 0 aromatic carbocycles. The molecule has 0 aromatic rings. The van der Waals surface area contributed by atoms with E-state index in [-0.39, 0.29) is 13.2 Å². The standard InChI is InChI=1S/C27H43N3O21/c1-27(2,46-4-3-29-30-28)21-13(37)17(11(35)19(47-21)22(40)41)49-25-14(38)16(8(32)6-45-25)48-26-15(39)18(12(36)20(51-26)23(42)43)50-24-10(34)9(33)7(31)5-44-24/h7-21,24-26,31-39H,3-6H2,1-2H3,(H,40,41)(H,42,43)/t7-,8-,9?,10?,11+,12+,13?,14?,15?,16?,17?,18+,19?,20?,21-,24-,25-,26-/m1/s1. The van der Waals surface area contributed by atoms with Gasteiger partial charge in [0.15, 0.2) is 31.1 Å². The molecule has 4 heterocycles. The molecule has 0 spiro atoms. The van der Waals surface area contributed by atoms with Crippen molar-refractivity contribution in [1.29, 1.82) is 0 Å². The number of aliphatic hydroxyl groups is 9. The molecule has 24 nitrogen and oxygen atoms in total. The monoisotopic (exact) mass is 745 g/mol. The van der Waals surface area contributed by atoms with Crippen LogP contribution in [0.5, 0.6) is 0 Å². The molecule has 0 aromatic heterocycles. The first-order valence-corrected chi connectivity index (χ1v) is 15.6. The van der Waals surface area contributed by atoms with E-state index in [0.717, 1.165) is 0 Å². The lowest BCUT2D eigenvalue weighted by Crippen LogP contribution is -2.68. The summed E-state index contributed by atoms with van der Waals surface area (Å²) in [5.74, 6) is -3.44. The third-order valence-electron chi connectivity index (χ3n) is 8.78. The largest absolute Gasteiger partial charge is 0.479 e. The van der Waals surface area contributed by atoms with Gasteiger partial charge in [-0.25, -0.2) is 9.59 Å². The average Bonchev–Trinajstić information content (AvgIpc) is 3.06. The highest BCUT2D eigenvalue weighted by atomic mass is 16.8. The number of nitrogens with zero attached hydrogens (tertiary/aromatic N) is 3. The van der Waals surface area contributed by atoms with Gasteiger partial charge in [0.1, 0.15) is 79.4 Å². The van der Waals surface area contributed by atoms with Gasteiger partial charge in [-0.3, -0.25) is 0 Å². The third-order valence-corrected chi connectivity index (χ3v) is 8.78. The number of ether oxygens (including phenoxy) is 8. The molecule has 0 bridgehead atoms. The normalized spacial score (nSPS) is 45.1. The zero-order valence-corrected chi connectivity index (χ0v) is 27.1. The summed E-state index contributed by atoms with van der Waals surface area (Å²) < 4.78 is 43.4. The van der Waals surface area contributed by atoms with E-state index in [1.54, 1.807) is 0 Å². The molecule has 0 aliphatic carbocycles. The molecule has 0 amide bonds. The Kier molecular flexibility index (Phi) is 13.9. The summed E-state index contributed by atoms with van der Waals surface area (Å²) in [6.45, 7) is 1.30. The number of carboxylic acids is 2. The number of aliphatic carboxylic acids is 2. The number of hydrogen-bond donors (Lipinski definition) is 11. The predicted molar refractivity (Wildman–Crippen MR) is 155 cm³/mol. The van der Waals surface area contributed by atoms with Crippen LogP contribution in [0.3, 0.4) is 0 Å². The van der Waals surface area contributed by atoms with Gasteiger partial charge in [-0.1, -0.05) is 5.11 Å². The van der Waals surface area contributed by atoms with Gasteiger partial charge < -0.3 is 94.1 Å². The van der Waals surface area contributed by atoms with E-state index >= 15 is 0 Å². The maximum atomic E-state index is 12.0. The van der Waals surface area contributed by atoms with Crippen molar-refractivity contribution in [2.24, 2.45) is 5.11 Å². The number of azide groups is 1. The summed E-state index contributed by atoms with van der Waals surface area (Å²) in [4.78, 5) is 26.5. The van der Waals surface area contributed by atoms with Crippen molar-refractivity contribution in [3.63, 3.8) is 0 Å². The quantitative estimate of drug-likeness (QED) is 0.0361. The Bertz CT molecular complexity index is 1240. The van der Waals surface area contributed by atoms with Gasteiger partial charge in [-0.2, -0.15) is 0 Å². The number of aliphatic hydroxyl groups excluding tert-OH is 9. The second-order valence-electron chi connectivity index (χ2n) is 12.8. The topological polar surface area (TPSA) is 379 Å². The molecule has 24 heteroatoms. The highest BCUT2D eigenvalue weighted by Crippen LogP contribution is 2.35. The van der Waals surface area contributed by atoms with E-state index in [1.165, 1.54) is 13.8 Å². The van der Waals surface area contributed by atoms with Crippen LogP contribution >= 0.6 is 0 Å². The minimum Gasteiger partial charge on any atom is -0.479 e. The number of rotatable bonds is 13. The summed E-state index contributed by atoms with van der Waals surface area (Å²) in [5.41, 5.74) is 7.01. The van der Waals surface area contributed by atoms with E-state index in [9.17, 15) is 65.8 Å². The van der Waals surface area contributed by atoms with Gasteiger partial charge >= 0.3 is 11.9 Å². The van der Waals surface area contributed by atoms with Gasteiger partial charge in [0.2, 0.25) is 0 Å². The summed E-state index contributed by atoms with van der Waals surface area (Å²) in [6.07, 6.45) is -34.4. The molecule has 0 radical (unpaired) electrons. The van der Waals surface area contributed by atoms with Crippen LogP contribution in [0, 0.1) is 0 Å². The summed E-state index contributed by atoms with van der Waals surface area (Å²) in [7, 11) is 0. The molecule has 4 saturated heterocycles. The number of carbonyl (C=O) groups is 2. The Morgan fingerprint density at radius 2 is 1.18 bits per heavy atom. The maximum absolute atomic E-state index is 12.0. The molecule has 4 fully saturated rings. The van der Waals surface area contributed by atoms with Crippen LogP contribution in [0.2, 0.25) is 0 Å². The van der Waals surface area contributed by atoms with Crippen molar-refractivity contribution >= 4 is 11.9 Å². The molecule has 4 aliphatic heterocycles. The smallest absolute Gasteiger partial charge is 0.335 e. The van der Waals surface area contributed by atoms with Crippen LogP contribution in [-0.4, -0.2) is 211 Å². The highest BCUT2D eigenvalue weighted by molar-refractivity contribution is 5.74. The van der Waals surface area contributed by atoms with Crippen molar-refractivity contribution in [2.75, 3.05) is 26.4 Å². The fourth-order valence-corrected chi connectivity index (χ4v) is 6.02. The van der Waals surface area contributed by atoms with Crippen LogP contribution < -0.4 is 0 Å². The zero-order valence-electron chi connectivity index (χ0n) is 27.1. The fourth-order valence-electron chi connectivity index (χ4n) is 6.02. The predicted octanol–water partition coefficient (Wildman–Crippen LogP) is -6.13. The molecule has 51 heavy (non-hydrogen) atoms. The molecule has 4 rings (SSSR count). The van der Waals surface area contributed by atoms with Crippen LogP contribution in [0.1, 0.15) is 13.8 Å². The SMILES string of the molecule is CC(C)(OCCN=[N+]=[N-])[C@@H]1OC(C(=O)O)[C@@H](O)C(O[C@H]2OC[C@@H](O)C(O[C@@H]3OC(C(=O)O)[C@@H](O)[C@H](O[C@H]4OC[C@@H](O)C(O)C4O)C3O)C2O)C1O. The van der Waals surface area contributed by atoms with E-state index in [2.05, 4.69) is 10.0 Å². The van der Waals surface area contributed by atoms with Crippen molar-refractivity contribution in [3.8, 4) is 0 Å². The Labute approximate surface area is 287 Å². The maximum Gasteiger partial charge on any atom is 0.335 e. The van der Waals surface area contributed by atoms with Crippen molar-refractivity contribution in [2.45, 2.75) is 130 Å². The van der Waals surface area contributed by atoms with Gasteiger partial charge in [-0.05, 0) is 19.4 Å². The third kappa shape index (κ3) is 9.03. The molecule has 0 saturated carbocycles. The van der Waals surface area contributed by atoms with Gasteiger partial charge in [0, 0.05) is 11.5 Å². The van der Waals surface area contributed by atoms with E-state index in [0.29, 0.717) is 0 Å². The van der Waals surface area contributed by atoms with E-state index in [1.807, 2.05) is 0 Å². The van der Waals surface area contributed by atoms with Crippen LogP contribution in [-0.2, 0) is 47.5 Å². The van der Waals surface area contributed by atoms with Crippen LogP contribution in [0.25, 0.3) is 10.4 Å². The van der Waals surface area contributed by atoms with Crippen LogP contribution in [0.15, 0.2) is 5.11 Å². The van der Waals surface area contributed by atoms with Gasteiger partial charge in [-0.15, -0.1) is 0 Å². The highest BCUT2D eigenvalue weighted by Gasteiger charge is 2.57. The summed E-state index contributed by atoms with van der Waals surface area (Å²) >= 11 is 0. The van der Waals surface area contributed by atoms with E-state index in [4.69, 9.17) is 43.4 Å². The molecular formula is C27H43N3O21. The lowest BCUT2D eigenvalue weighted by atomic mass is 9.86. The van der Waals surface area contributed by atoms with Crippen molar-refractivity contribution in [3.05, 3.63) is 10.4 Å². The minimum absolute atomic E-state index is 0.124. The number of carboxylic acid groups (broad SMARTS) is 2. The molecule has 11 N–H and O–H groups in total.